The van der Waals surface area contributed by atoms with Crippen molar-refractivity contribution in [1.29, 1.82) is 0 Å². The summed E-state index contributed by atoms with van der Waals surface area (Å²) in [6.07, 6.45) is -0.949. The summed E-state index contributed by atoms with van der Waals surface area (Å²) in [6, 6.07) is -0.176. The van der Waals surface area contributed by atoms with Crippen LogP contribution in [0.1, 0.15) is 20.8 Å². The van der Waals surface area contributed by atoms with E-state index in [9.17, 15) is 9.59 Å². The first-order chi connectivity index (χ1) is 6.87. The Morgan fingerprint density at radius 2 is 2.33 bits per heavy atom. The van der Waals surface area contributed by atoms with Crippen molar-refractivity contribution in [3.05, 3.63) is 0 Å². The van der Waals surface area contributed by atoms with E-state index in [1.54, 1.807) is 20.8 Å². The molecule has 0 aromatic heterocycles. The fourth-order valence-corrected chi connectivity index (χ4v) is 1.06. The lowest BCUT2D eigenvalue weighted by atomic mass is 10.2. The Labute approximate surface area is 88.3 Å². The normalized spacial score (nSPS) is 20.5. The molecule has 0 saturated carbocycles. The molecule has 0 aromatic rings. The lowest BCUT2D eigenvalue weighted by molar-refractivity contribution is 0.0523. The van der Waals surface area contributed by atoms with Gasteiger partial charge in [0, 0.05) is 6.54 Å². The lowest BCUT2D eigenvalue weighted by Gasteiger charge is -2.20. The highest BCUT2D eigenvalue weighted by molar-refractivity contribution is 5.70. The summed E-state index contributed by atoms with van der Waals surface area (Å²) in [5.74, 6) is 0. The summed E-state index contributed by atoms with van der Waals surface area (Å²) >= 11 is 0. The van der Waals surface area contributed by atoms with E-state index in [1.807, 2.05) is 0 Å². The molecule has 1 saturated heterocycles. The van der Waals surface area contributed by atoms with Gasteiger partial charge in [0.2, 0.25) is 0 Å². The molecule has 0 radical (unpaired) electrons. The molecule has 1 atom stereocenters. The van der Waals surface area contributed by atoms with E-state index in [1.165, 1.54) is 0 Å². The average molecular weight is 216 g/mol. The summed E-state index contributed by atoms with van der Waals surface area (Å²) in [6.45, 7) is 5.93. The van der Waals surface area contributed by atoms with Gasteiger partial charge in [0.1, 0.15) is 12.2 Å². The molecule has 1 fully saturated rings. The van der Waals surface area contributed by atoms with Crippen molar-refractivity contribution in [2.24, 2.45) is 0 Å². The molecular formula is C9H16N2O4. The standard InChI is InChI=1S/C9H16N2O4/c1-9(2,3)15-7(12)10-4-6-5-14-8(13)11-6/h6H,4-5H2,1-3H3,(H,10,12)(H,11,13). The largest absolute Gasteiger partial charge is 0.447 e. The molecule has 2 N–H and O–H groups in total. The Kier molecular flexibility index (Phi) is 3.39. The van der Waals surface area contributed by atoms with Crippen molar-refractivity contribution in [1.82, 2.24) is 10.6 Å². The van der Waals surface area contributed by atoms with Crippen LogP contribution in [0.2, 0.25) is 0 Å². The third-order valence-electron chi connectivity index (χ3n) is 1.63. The van der Waals surface area contributed by atoms with Crippen molar-refractivity contribution in [2.75, 3.05) is 13.2 Å². The van der Waals surface area contributed by atoms with E-state index in [0.29, 0.717) is 6.54 Å². The Morgan fingerprint density at radius 1 is 1.67 bits per heavy atom. The first-order valence-electron chi connectivity index (χ1n) is 4.77. The summed E-state index contributed by atoms with van der Waals surface area (Å²) < 4.78 is 9.68. The van der Waals surface area contributed by atoms with Crippen LogP contribution < -0.4 is 10.6 Å². The zero-order valence-corrected chi connectivity index (χ0v) is 9.12. The summed E-state index contributed by atoms with van der Waals surface area (Å²) in [5.41, 5.74) is -0.514. The van der Waals surface area contributed by atoms with Gasteiger partial charge >= 0.3 is 12.2 Å². The Bertz CT molecular complexity index is 259. The maximum Gasteiger partial charge on any atom is 0.407 e. The van der Waals surface area contributed by atoms with Gasteiger partial charge in [0.05, 0.1) is 6.04 Å². The number of amides is 2. The molecule has 86 valence electrons. The number of cyclic esters (lactones) is 1. The minimum Gasteiger partial charge on any atom is -0.447 e. The summed E-state index contributed by atoms with van der Waals surface area (Å²) in [5, 5.41) is 5.09. The first-order valence-corrected chi connectivity index (χ1v) is 4.77. The van der Waals surface area contributed by atoms with Gasteiger partial charge in [0.25, 0.3) is 0 Å². The van der Waals surface area contributed by atoms with Gasteiger partial charge in [-0.15, -0.1) is 0 Å². The number of ether oxygens (including phenoxy) is 2. The molecule has 2 amide bonds. The van der Waals surface area contributed by atoms with Crippen LogP contribution in [-0.4, -0.2) is 37.0 Å². The zero-order chi connectivity index (χ0) is 11.5. The van der Waals surface area contributed by atoms with Gasteiger partial charge in [-0.3, -0.25) is 0 Å². The predicted molar refractivity (Wildman–Crippen MR) is 52.5 cm³/mol. The Balaban J connectivity index is 2.20. The highest BCUT2D eigenvalue weighted by Crippen LogP contribution is 2.06. The maximum absolute atomic E-state index is 11.2. The van der Waals surface area contributed by atoms with Gasteiger partial charge in [-0.1, -0.05) is 0 Å². The van der Waals surface area contributed by atoms with Gasteiger partial charge in [-0.05, 0) is 20.8 Å². The summed E-state index contributed by atoms with van der Waals surface area (Å²) in [7, 11) is 0. The minimum absolute atomic E-state index is 0.176. The number of hydrogen-bond donors (Lipinski definition) is 2. The van der Waals surface area contributed by atoms with Crippen molar-refractivity contribution in [3.8, 4) is 0 Å². The van der Waals surface area contributed by atoms with Crippen LogP contribution >= 0.6 is 0 Å². The van der Waals surface area contributed by atoms with Crippen molar-refractivity contribution >= 4 is 12.2 Å². The van der Waals surface area contributed by atoms with Crippen LogP contribution in [0.5, 0.6) is 0 Å². The van der Waals surface area contributed by atoms with E-state index in [2.05, 4.69) is 15.4 Å². The molecule has 1 aliphatic rings. The van der Waals surface area contributed by atoms with Crippen molar-refractivity contribution in [3.63, 3.8) is 0 Å². The number of nitrogens with one attached hydrogen (secondary N) is 2. The molecule has 1 unspecified atom stereocenters. The van der Waals surface area contributed by atoms with Crippen LogP contribution in [0.25, 0.3) is 0 Å². The first kappa shape index (κ1) is 11.6. The fourth-order valence-electron chi connectivity index (χ4n) is 1.06. The van der Waals surface area contributed by atoms with E-state index in [4.69, 9.17) is 4.74 Å². The molecule has 0 bridgehead atoms. The topological polar surface area (TPSA) is 76.7 Å². The zero-order valence-electron chi connectivity index (χ0n) is 9.12. The monoisotopic (exact) mass is 216 g/mol. The Morgan fingerprint density at radius 3 is 2.80 bits per heavy atom. The van der Waals surface area contributed by atoms with E-state index >= 15 is 0 Å². The highest BCUT2D eigenvalue weighted by atomic mass is 16.6. The van der Waals surface area contributed by atoms with Gasteiger partial charge < -0.3 is 20.1 Å². The third kappa shape index (κ3) is 4.53. The number of hydrogen-bond acceptors (Lipinski definition) is 4. The molecule has 6 heteroatoms. The second kappa shape index (κ2) is 4.37. The van der Waals surface area contributed by atoms with Gasteiger partial charge in [-0.25, -0.2) is 9.59 Å². The minimum atomic E-state index is -0.514. The van der Waals surface area contributed by atoms with E-state index in [0.717, 1.165) is 0 Å². The third-order valence-corrected chi connectivity index (χ3v) is 1.63. The number of alkyl carbamates (subject to hydrolysis) is 2. The van der Waals surface area contributed by atoms with Crippen LogP contribution in [0.3, 0.4) is 0 Å². The van der Waals surface area contributed by atoms with Crippen LogP contribution in [0.15, 0.2) is 0 Å². The highest BCUT2D eigenvalue weighted by Gasteiger charge is 2.23. The van der Waals surface area contributed by atoms with Crippen molar-refractivity contribution < 1.29 is 19.1 Å². The van der Waals surface area contributed by atoms with Crippen LogP contribution in [-0.2, 0) is 9.47 Å². The SMILES string of the molecule is CC(C)(C)OC(=O)NCC1COC(=O)N1. The van der Waals surface area contributed by atoms with Crippen molar-refractivity contribution in [2.45, 2.75) is 32.4 Å². The smallest absolute Gasteiger partial charge is 0.407 e. The fraction of sp³-hybridized carbons (Fsp3) is 0.778. The molecule has 0 aliphatic carbocycles. The van der Waals surface area contributed by atoms with E-state index < -0.39 is 17.8 Å². The number of carbonyl (C=O) groups excluding carboxylic acids is 2. The molecule has 1 rings (SSSR count). The molecule has 6 nitrogen and oxygen atoms in total. The molecule has 1 aliphatic heterocycles. The lowest BCUT2D eigenvalue weighted by Crippen LogP contribution is -2.41. The molecule has 15 heavy (non-hydrogen) atoms. The second-order valence-electron chi connectivity index (χ2n) is 4.32. The predicted octanol–water partition coefficient (Wildman–Crippen LogP) is 0.620. The number of carbonyl (C=O) groups is 2. The second-order valence-corrected chi connectivity index (χ2v) is 4.32. The number of rotatable bonds is 2. The molecule has 0 aromatic carbocycles. The van der Waals surface area contributed by atoms with Crippen LogP contribution in [0, 0.1) is 0 Å². The summed E-state index contributed by atoms with van der Waals surface area (Å²) in [4.78, 5) is 21.9. The molecular weight excluding hydrogens is 200 g/mol. The van der Waals surface area contributed by atoms with E-state index in [-0.39, 0.29) is 12.6 Å². The Hall–Kier alpha value is -1.46. The molecule has 1 heterocycles. The maximum atomic E-state index is 11.2. The molecule has 0 spiro atoms. The van der Waals surface area contributed by atoms with Gasteiger partial charge in [0.15, 0.2) is 0 Å². The van der Waals surface area contributed by atoms with Gasteiger partial charge in [-0.2, -0.15) is 0 Å². The van der Waals surface area contributed by atoms with Crippen LogP contribution in [0.4, 0.5) is 9.59 Å². The average Bonchev–Trinajstić information content (AvgIpc) is 2.45. The quantitative estimate of drug-likeness (QED) is 0.709.